The summed E-state index contributed by atoms with van der Waals surface area (Å²) in [5.41, 5.74) is -0.0853. The minimum Gasteiger partial charge on any atom is -0.477 e. The van der Waals surface area contributed by atoms with E-state index >= 15 is 0 Å². The van der Waals surface area contributed by atoms with Crippen LogP contribution in [-0.2, 0) is 9.84 Å². The van der Waals surface area contributed by atoms with Gasteiger partial charge in [-0.1, -0.05) is 0 Å². The summed E-state index contributed by atoms with van der Waals surface area (Å²) in [6.45, 7) is 0. The normalized spacial score (nSPS) is 19.0. The van der Waals surface area contributed by atoms with Crippen LogP contribution in [0.25, 0.3) is 0 Å². The predicted molar refractivity (Wildman–Crippen MR) is 69.3 cm³/mol. The summed E-state index contributed by atoms with van der Waals surface area (Å²) in [6.07, 6.45) is 1.96. The molecule has 0 spiro atoms. The maximum atomic E-state index is 11.3. The summed E-state index contributed by atoms with van der Waals surface area (Å²) in [5.74, 6) is -0.864. The summed E-state index contributed by atoms with van der Waals surface area (Å²) in [7, 11) is -2.96. The van der Waals surface area contributed by atoms with E-state index in [1.807, 2.05) is 0 Å². The lowest BCUT2D eigenvalue weighted by Gasteiger charge is -2.24. The molecule has 1 aromatic heterocycles. The number of carboxylic acids is 1. The van der Waals surface area contributed by atoms with Gasteiger partial charge in [-0.25, -0.2) is 18.2 Å². The van der Waals surface area contributed by atoms with Crippen LogP contribution in [0.2, 0.25) is 5.28 Å². The number of hydrogen-bond donors (Lipinski definition) is 2. The number of carbonyl (C=O) groups is 1. The lowest BCUT2D eigenvalue weighted by Crippen LogP contribution is -2.33. The summed E-state index contributed by atoms with van der Waals surface area (Å²) in [4.78, 5) is 18.5. The van der Waals surface area contributed by atoms with E-state index in [1.54, 1.807) is 0 Å². The number of carboxylic acid groups (broad SMARTS) is 1. The highest BCUT2D eigenvalue weighted by atomic mass is 35.5. The largest absolute Gasteiger partial charge is 0.477 e. The van der Waals surface area contributed by atoms with Crippen molar-refractivity contribution in [3.8, 4) is 0 Å². The van der Waals surface area contributed by atoms with Crippen LogP contribution in [0.4, 0.5) is 5.82 Å². The van der Waals surface area contributed by atoms with Gasteiger partial charge in [0.1, 0.15) is 21.2 Å². The van der Waals surface area contributed by atoms with Crippen LogP contribution in [0.3, 0.4) is 0 Å². The first-order chi connectivity index (χ1) is 8.87. The van der Waals surface area contributed by atoms with Crippen LogP contribution >= 0.6 is 11.6 Å². The first-order valence-electron chi connectivity index (χ1n) is 5.60. The van der Waals surface area contributed by atoms with Gasteiger partial charge < -0.3 is 10.4 Å². The van der Waals surface area contributed by atoms with Crippen molar-refractivity contribution in [2.24, 2.45) is 0 Å². The van der Waals surface area contributed by atoms with Crippen LogP contribution in [-0.4, -0.2) is 47.0 Å². The van der Waals surface area contributed by atoms with Crippen molar-refractivity contribution in [3.63, 3.8) is 0 Å². The van der Waals surface area contributed by atoms with E-state index in [4.69, 9.17) is 16.7 Å². The van der Waals surface area contributed by atoms with Gasteiger partial charge in [0.15, 0.2) is 0 Å². The van der Waals surface area contributed by atoms with Gasteiger partial charge in [0, 0.05) is 12.2 Å². The van der Waals surface area contributed by atoms with Gasteiger partial charge in [0.2, 0.25) is 5.28 Å². The summed E-state index contributed by atoms with van der Waals surface area (Å²) < 4.78 is 22.6. The quantitative estimate of drug-likeness (QED) is 0.795. The zero-order chi connectivity index (χ0) is 14.0. The minimum atomic E-state index is -2.96. The molecule has 2 rings (SSSR count). The molecule has 9 heteroatoms. The van der Waals surface area contributed by atoms with E-state index < -0.39 is 15.8 Å². The summed E-state index contributed by atoms with van der Waals surface area (Å²) in [6, 6.07) is -0.132. The summed E-state index contributed by atoms with van der Waals surface area (Å²) >= 11 is 5.63. The van der Waals surface area contributed by atoms with Crippen LogP contribution in [0.1, 0.15) is 23.2 Å². The van der Waals surface area contributed by atoms with E-state index in [1.165, 1.54) is 0 Å². The molecular formula is C10H12ClN3O4S. The van der Waals surface area contributed by atoms with E-state index in [9.17, 15) is 13.2 Å². The highest BCUT2D eigenvalue weighted by Gasteiger charge is 2.25. The Labute approximate surface area is 114 Å². The number of sulfone groups is 1. The molecule has 1 saturated heterocycles. The molecule has 0 unspecified atom stereocenters. The Hall–Kier alpha value is -1.41. The third kappa shape index (κ3) is 3.54. The lowest BCUT2D eigenvalue weighted by molar-refractivity contribution is 0.0697. The highest BCUT2D eigenvalue weighted by Crippen LogP contribution is 2.20. The fraction of sp³-hybridized carbons (Fsp3) is 0.500. The second kappa shape index (κ2) is 5.30. The topological polar surface area (TPSA) is 109 Å². The van der Waals surface area contributed by atoms with E-state index in [0.29, 0.717) is 12.8 Å². The number of aromatic carboxylic acids is 1. The predicted octanol–water partition coefficient (Wildman–Crippen LogP) is 0.817. The van der Waals surface area contributed by atoms with E-state index in [-0.39, 0.29) is 34.2 Å². The Bertz CT molecular complexity index is 591. The Morgan fingerprint density at radius 2 is 2.05 bits per heavy atom. The van der Waals surface area contributed by atoms with Crippen LogP contribution in [0.5, 0.6) is 0 Å². The smallest absolute Gasteiger partial charge is 0.341 e. The number of nitrogens with one attached hydrogen (secondary N) is 1. The fourth-order valence-corrected chi connectivity index (χ4v) is 3.48. The molecule has 0 amide bonds. The van der Waals surface area contributed by atoms with Crippen LogP contribution < -0.4 is 5.32 Å². The summed E-state index contributed by atoms with van der Waals surface area (Å²) in [5, 5.41) is 11.9. The van der Waals surface area contributed by atoms with Crippen molar-refractivity contribution in [1.82, 2.24) is 9.97 Å². The molecule has 0 aliphatic carbocycles. The standard InChI is InChI=1S/C10H12ClN3O4S/c11-10-12-5-7(9(15)16)8(14-10)13-6-1-3-19(17,18)4-2-6/h5-6H,1-4H2,(H,15,16)(H,12,13,14). The molecule has 1 aliphatic rings. The molecule has 7 nitrogen and oxygen atoms in total. The van der Waals surface area contributed by atoms with Crippen molar-refractivity contribution >= 4 is 33.2 Å². The van der Waals surface area contributed by atoms with Crippen LogP contribution in [0.15, 0.2) is 6.20 Å². The lowest BCUT2D eigenvalue weighted by atomic mass is 10.1. The maximum absolute atomic E-state index is 11.3. The molecule has 0 radical (unpaired) electrons. The first kappa shape index (κ1) is 14.0. The third-order valence-electron chi connectivity index (χ3n) is 2.89. The van der Waals surface area contributed by atoms with Crippen molar-refractivity contribution in [2.45, 2.75) is 18.9 Å². The molecule has 0 atom stereocenters. The molecule has 2 N–H and O–H groups in total. The second-order valence-electron chi connectivity index (χ2n) is 4.28. The zero-order valence-electron chi connectivity index (χ0n) is 9.84. The Morgan fingerprint density at radius 1 is 1.42 bits per heavy atom. The highest BCUT2D eigenvalue weighted by molar-refractivity contribution is 7.91. The molecule has 104 valence electrons. The van der Waals surface area contributed by atoms with Crippen molar-refractivity contribution < 1.29 is 18.3 Å². The van der Waals surface area contributed by atoms with Gasteiger partial charge in [-0.15, -0.1) is 0 Å². The van der Waals surface area contributed by atoms with Gasteiger partial charge in [0.05, 0.1) is 11.5 Å². The zero-order valence-corrected chi connectivity index (χ0v) is 11.4. The van der Waals surface area contributed by atoms with Gasteiger partial charge in [-0.05, 0) is 24.4 Å². The molecule has 1 aliphatic heterocycles. The number of nitrogens with zero attached hydrogens (tertiary/aromatic N) is 2. The molecule has 1 fully saturated rings. The molecule has 0 bridgehead atoms. The van der Waals surface area contributed by atoms with E-state index in [0.717, 1.165) is 6.20 Å². The number of rotatable bonds is 3. The van der Waals surface area contributed by atoms with Crippen molar-refractivity contribution in [2.75, 3.05) is 16.8 Å². The molecule has 19 heavy (non-hydrogen) atoms. The van der Waals surface area contributed by atoms with Gasteiger partial charge in [0.25, 0.3) is 0 Å². The number of halogens is 1. The average molecular weight is 306 g/mol. The van der Waals surface area contributed by atoms with Crippen molar-refractivity contribution in [3.05, 3.63) is 17.0 Å². The monoisotopic (exact) mass is 305 g/mol. The molecule has 1 aromatic rings. The minimum absolute atomic E-state index is 0.0593. The fourth-order valence-electron chi connectivity index (χ4n) is 1.85. The van der Waals surface area contributed by atoms with Crippen LogP contribution in [0, 0.1) is 0 Å². The maximum Gasteiger partial charge on any atom is 0.341 e. The first-order valence-corrected chi connectivity index (χ1v) is 7.80. The Kier molecular flexibility index (Phi) is 3.91. The second-order valence-corrected chi connectivity index (χ2v) is 6.92. The van der Waals surface area contributed by atoms with E-state index in [2.05, 4.69) is 15.3 Å². The Balaban J connectivity index is 2.15. The van der Waals surface area contributed by atoms with Gasteiger partial charge in [-0.3, -0.25) is 0 Å². The van der Waals surface area contributed by atoms with Gasteiger partial charge >= 0.3 is 5.97 Å². The van der Waals surface area contributed by atoms with Gasteiger partial charge in [-0.2, -0.15) is 4.98 Å². The Morgan fingerprint density at radius 3 is 2.63 bits per heavy atom. The average Bonchev–Trinajstić information content (AvgIpc) is 2.31. The number of anilines is 1. The number of aromatic nitrogens is 2. The molecule has 0 saturated carbocycles. The van der Waals surface area contributed by atoms with Crippen molar-refractivity contribution in [1.29, 1.82) is 0 Å². The third-order valence-corrected chi connectivity index (χ3v) is 4.78. The molecular weight excluding hydrogens is 294 g/mol. The number of hydrogen-bond acceptors (Lipinski definition) is 6. The SMILES string of the molecule is O=C(O)c1cnc(Cl)nc1NC1CCS(=O)(=O)CC1. The molecule has 2 heterocycles. The molecule has 0 aromatic carbocycles.